The van der Waals surface area contributed by atoms with Crippen molar-refractivity contribution < 1.29 is 14.4 Å². The summed E-state index contributed by atoms with van der Waals surface area (Å²) in [7, 11) is 1.64. The molecule has 19 heavy (non-hydrogen) atoms. The zero-order valence-corrected chi connectivity index (χ0v) is 12.1. The van der Waals surface area contributed by atoms with Gasteiger partial charge >= 0.3 is 0 Å². The molecule has 3 rings (SSSR count). The Kier molecular flexibility index (Phi) is 2.75. The van der Waals surface area contributed by atoms with Gasteiger partial charge in [-0.3, -0.25) is 19.7 Å². The van der Waals surface area contributed by atoms with Gasteiger partial charge in [0, 0.05) is 17.1 Å². The SMILES string of the molecule is CN1C(=O)/C(=C2\SC(=O)NC2=O)c2cc(Br)ccc21. The molecule has 1 fully saturated rings. The van der Waals surface area contributed by atoms with E-state index in [2.05, 4.69) is 21.2 Å². The van der Waals surface area contributed by atoms with E-state index >= 15 is 0 Å². The predicted octanol–water partition coefficient (Wildman–Crippen LogP) is 2.12. The van der Waals surface area contributed by atoms with Crippen LogP contribution in [0.25, 0.3) is 5.57 Å². The second-order valence-electron chi connectivity index (χ2n) is 4.07. The number of likely N-dealkylation sites (N-methyl/N-ethyl adjacent to an activating group) is 1. The molecule has 2 aliphatic rings. The molecule has 0 radical (unpaired) electrons. The van der Waals surface area contributed by atoms with Gasteiger partial charge in [-0.05, 0) is 30.0 Å². The molecular weight excluding hydrogens is 332 g/mol. The molecule has 1 N–H and O–H groups in total. The highest BCUT2D eigenvalue weighted by molar-refractivity contribution is 9.10. The predicted molar refractivity (Wildman–Crippen MR) is 75.6 cm³/mol. The highest BCUT2D eigenvalue weighted by atomic mass is 79.9. The van der Waals surface area contributed by atoms with Gasteiger partial charge in [-0.25, -0.2) is 0 Å². The molecule has 3 amide bonds. The van der Waals surface area contributed by atoms with Crippen LogP contribution in [0.5, 0.6) is 0 Å². The van der Waals surface area contributed by atoms with Crippen molar-refractivity contribution in [2.75, 3.05) is 11.9 Å². The van der Waals surface area contributed by atoms with E-state index in [1.165, 1.54) is 4.90 Å². The van der Waals surface area contributed by atoms with Crippen molar-refractivity contribution >= 4 is 56.0 Å². The zero-order chi connectivity index (χ0) is 13.7. The minimum absolute atomic E-state index is 0.165. The van der Waals surface area contributed by atoms with Gasteiger partial charge in [-0.2, -0.15) is 0 Å². The van der Waals surface area contributed by atoms with Crippen molar-refractivity contribution in [2.24, 2.45) is 0 Å². The van der Waals surface area contributed by atoms with E-state index in [-0.39, 0.29) is 16.4 Å². The van der Waals surface area contributed by atoms with Crippen LogP contribution in [0.15, 0.2) is 27.6 Å². The Morgan fingerprint density at radius 3 is 2.63 bits per heavy atom. The molecule has 0 bridgehead atoms. The van der Waals surface area contributed by atoms with Crippen LogP contribution in [-0.2, 0) is 9.59 Å². The molecule has 0 unspecified atom stereocenters. The average Bonchev–Trinajstić information content (AvgIpc) is 2.78. The Morgan fingerprint density at radius 2 is 2.00 bits per heavy atom. The van der Waals surface area contributed by atoms with E-state index in [9.17, 15) is 14.4 Å². The third-order valence-electron chi connectivity index (χ3n) is 2.95. The molecule has 0 aromatic heterocycles. The molecule has 2 heterocycles. The van der Waals surface area contributed by atoms with Gasteiger partial charge in [0.15, 0.2) is 0 Å². The molecule has 96 valence electrons. The number of imide groups is 1. The minimum atomic E-state index is -0.514. The van der Waals surface area contributed by atoms with Crippen LogP contribution in [0.4, 0.5) is 10.5 Å². The number of thioether (sulfide) groups is 1. The summed E-state index contributed by atoms with van der Waals surface area (Å²) in [5.74, 6) is -0.792. The number of anilines is 1. The molecule has 0 saturated carbocycles. The summed E-state index contributed by atoms with van der Waals surface area (Å²) in [6.07, 6.45) is 0. The number of carbonyl (C=O) groups is 3. The maximum absolute atomic E-state index is 12.3. The molecule has 7 heteroatoms. The van der Waals surface area contributed by atoms with E-state index < -0.39 is 11.1 Å². The van der Waals surface area contributed by atoms with Crippen LogP contribution in [0.3, 0.4) is 0 Å². The number of nitrogens with one attached hydrogen (secondary N) is 1. The Bertz CT molecular complexity index is 684. The largest absolute Gasteiger partial charge is 0.311 e. The second-order valence-corrected chi connectivity index (χ2v) is 5.97. The summed E-state index contributed by atoms with van der Waals surface area (Å²) < 4.78 is 0.808. The van der Waals surface area contributed by atoms with Crippen LogP contribution >= 0.6 is 27.7 Å². The van der Waals surface area contributed by atoms with Gasteiger partial charge in [-0.1, -0.05) is 15.9 Å². The summed E-state index contributed by atoms with van der Waals surface area (Å²) in [5.41, 5.74) is 1.67. The average molecular weight is 339 g/mol. The zero-order valence-electron chi connectivity index (χ0n) is 9.69. The highest BCUT2D eigenvalue weighted by Crippen LogP contribution is 2.42. The number of rotatable bonds is 0. The van der Waals surface area contributed by atoms with Gasteiger partial charge < -0.3 is 4.90 Å². The van der Waals surface area contributed by atoms with Crippen molar-refractivity contribution in [2.45, 2.75) is 0 Å². The van der Waals surface area contributed by atoms with E-state index in [0.29, 0.717) is 5.56 Å². The maximum atomic E-state index is 12.3. The first-order chi connectivity index (χ1) is 8.99. The molecule has 5 nitrogen and oxygen atoms in total. The fourth-order valence-corrected chi connectivity index (χ4v) is 3.22. The lowest BCUT2D eigenvalue weighted by atomic mass is 10.1. The highest BCUT2D eigenvalue weighted by Gasteiger charge is 2.38. The van der Waals surface area contributed by atoms with Crippen molar-refractivity contribution in [3.8, 4) is 0 Å². The number of carbonyl (C=O) groups excluding carboxylic acids is 3. The van der Waals surface area contributed by atoms with Crippen molar-refractivity contribution in [3.05, 3.63) is 33.1 Å². The number of nitrogens with zero attached hydrogens (tertiary/aromatic N) is 1. The Morgan fingerprint density at radius 1 is 1.26 bits per heavy atom. The number of halogens is 1. The molecule has 0 spiro atoms. The third kappa shape index (κ3) is 1.81. The van der Waals surface area contributed by atoms with Gasteiger partial charge in [0.1, 0.15) is 0 Å². The summed E-state index contributed by atoms with van der Waals surface area (Å²) in [6, 6.07) is 5.39. The lowest BCUT2D eigenvalue weighted by Gasteiger charge is -2.08. The van der Waals surface area contributed by atoms with Gasteiger partial charge in [-0.15, -0.1) is 0 Å². The van der Waals surface area contributed by atoms with E-state index in [4.69, 9.17) is 0 Å². The van der Waals surface area contributed by atoms with Crippen molar-refractivity contribution in [1.29, 1.82) is 0 Å². The molecule has 1 saturated heterocycles. The van der Waals surface area contributed by atoms with E-state index in [0.717, 1.165) is 21.9 Å². The summed E-state index contributed by atoms with van der Waals surface area (Å²) in [5, 5.41) is 1.72. The molecular formula is C12H7BrN2O3S. The molecule has 0 atom stereocenters. The third-order valence-corrected chi connectivity index (χ3v) is 4.33. The topological polar surface area (TPSA) is 66.5 Å². The maximum Gasteiger partial charge on any atom is 0.290 e. The monoisotopic (exact) mass is 338 g/mol. The number of amides is 3. The van der Waals surface area contributed by atoms with Crippen molar-refractivity contribution in [3.63, 3.8) is 0 Å². The van der Waals surface area contributed by atoms with Crippen LogP contribution in [0.1, 0.15) is 5.56 Å². The number of benzene rings is 1. The standard InChI is InChI=1S/C12H7BrN2O3S/c1-15-7-3-2-5(13)4-6(7)8(11(15)17)9-10(16)14-12(18)19-9/h2-4H,1H3,(H,14,16,18)/b9-8-. The normalized spacial score (nSPS) is 22.0. The minimum Gasteiger partial charge on any atom is -0.311 e. The fourth-order valence-electron chi connectivity index (χ4n) is 2.09. The summed E-state index contributed by atoms with van der Waals surface area (Å²) >= 11 is 4.10. The van der Waals surface area contributed by atoms with Crippen LogP contribution in [0, 0.1) is 0 Å². The van der Waals surface area contributed by atoms with Crippen LogP contribution in [-0.4, -0.2) is 24.1 Å². The van der Waals surface area contributed by atoms with Gasteiger partial charge in [0.25, 0.3) is 17.1 Å². The smallest absolute Gasteiger partial charge is 0.290 e. The molecule has 0 aliphatic carbocycles. The lowest BCUT2D eigenvalue weighted by molar-refractivity contribution is -0.116. The Labute approximate surface area is 121 Å². The number of hydrogen-bond donors (Lipinski definition) is 1. The number of hydrogen-bond acceptors (Lipinski definition) is 4. The molecule has 1 aromatic rings. The van der Waals surface area contributed by atoms with Crippen LogP contribution in [0.2, 0.25) is 0 Å². The number of fused-ring (bicyclic) bond motifs is 1. The first-order valence-corrected chi connectivity index (χ1v) is 6.95. The Balaban J connectivity index is 2.27. The molecule has 1 aromatic carbocycles. The quantitative estimate of drug-likeness (QED) is 0.736. The summed E-state index contributed by atoms with van der Waals surface area (Å²) in [4.78, 5) is 36.9. The summed E-state index contributed by atoms with van der Waals surface area (Å²) in [6.45, 7) is 0. The fraction of sp³-hybridized carbons (Fsp3) is 0.0833. The Hall–Kier alpha value is -1.60. The van der Waals surface area contributed by atoms with Gasteiger partial charge in [0.2, 0.25) is 0 Å². The first-order valence-electron chi connectivity index (χ1n) is 5.34. The van der Waals surface area contributed by atoms with Crippen molar-refractivity contribution in [1.82, 2.24) is 5.32 Å². The lowest BCUT2D eigenvalue weighted by Crippen LogP contribution is -2.22. The molecule has 2 aliphatic heterocycles. The van der Waals surface area contributed by atoms with Gasteiger partial charge in [0.05, 0.1) is 16.2 Å². The van der Waals surface area contributed by atoms with E-state index in [1.54, 1.807) is 19.2 Å². The second kappa shape index (κ2) is 4.21. The van der Waals surface area contributed by atoms with E-state index in [1.807, 2.05) is 6.07 Å². The first kappa shape index (κ1) is 12.4. The van der Waals surface area contributed by atoms with Crippen LogP contribution < -0.4 is 10.2 Å².